The Bertz CT molecular complexity index is 499. The smallest absolute Gasteiger partial charge is 0.309 e. The van der Waals surface area contributed by atoms with Gasteiger partial charge in [0.25, 0.3) is 5.92 Å². The number of alkyl halides is 2. The third kappa shape index (κ3) is 2.25. The summed E-state index contributed by atoms with van der Waals surface area (Å²) in [7, 11) is 0. The second-order valence-electron chi connectivity index (χ2n) is 3.87. The molecule has 0 saturated heterocycles. The first-order valence-electron chi connectivity index (χ1n) is 4.91. The van der Waals surface area contributed by atoms with Crippen LogP contribution in [0.2, 0.25) is 0 Å². The highest BCUT2D eigenvalue weighted by molar-refractivity contribution is 5.99. The molecule has 0 unspecified atom stereocenters. The van der Waals surface area contributed by atoms with E-state index in [0.717, 1.165) is 6.07 Å². The first kappa shape index (κ1) is 11.5. The average molecular weight is 241 g/mol. The van der Waals surface area contributed by atoms with Crippen molar-refractivity contribution in [2.45, 2.75) is 18.8 Å². The lowest BCUT2D eigenvalue weighted by atomic mass is 10.0. The van der Waals surface area contributed by atoms with Crippen LogP contribution in [0.5, 0.6) is 0 Å². The van der Waals surface area contributed by atoms with Gasteiger partial charge < -0.3 is 10.4 Å². The molecule has 2 rings (SSSR count). The third-order valence-corrected chi connectivity index (χ3v) is 2.53. The number of carbonyl (C=O) groups is 2. The molecule has 1 aromatic carbocycles. The molecule has 1 aliphatic heterocycles. The summed E-state index contributed by atoms with van der Waals surface area (Å²) in [6.45, 7) is 0. The molecule has 0 bridgehead atoms. The standard InChI is InChI=1S/C11H9F2NO3/c12-11(13,5-10(16)17)7-1-2-8-6(3-7)4-9(15)14-8/h1-3H,4-5H2,(H,14,15)(H,16,17). The Hall–Kier alpha value is -1.98. The molecular weight excluding hydrogens is 232 g/mol. The van der Waals surface area contributed by atoms with Crippen LogP contribution in [0.4, 0.5) is 14.5 Å². The van der Waals surface area contributed by atoms with Gasteiger partial charge in [0.1, 0.15) is 6.42 Å². The number of amides is 1. The van der Waals surface area contributed by atoms with Gasteiger partial charge in [-0.1, -0.05) is 6.07 Å². The molecule has 0 fully saturated rings. The van der Waals surface area contributed by atoms with Crippen LogP contribution in [0.25, 0.3) is 0 Å². The normalized spacial score (nSPS) is 14.4. The van der Waals surface area contributed by atoms with Gasteiger partial charge in [-0.05, 0) is 17.7 Å². The molecule has 6 heteroatoms. The molecule has 0 aromatic heterocycles. The van der Waals surface area contributed by atoms with Gasteiger partial charge >= 0.3 is 5.97 Å². The highest BCUT2D eigenvalue weighted by Crippen LogP contribution is 2.35. The average Bonchev–Trinajstić information content (AvgIpc) is 2.54. The Morgan fingerprint density at radius 2 is 2.18 bits per heavy atom. The molecule has 0 aliphatic carbocycles. The number of nitrogens with one attached hydrogen (secondary N) is 1. The number of hydrogen-bond acceptors (Lipinski definition) is 2. The van der Waals surface area contributed by atoms with Gasteiger partial charge in [-0.25, -0.2) is 8.78 Å². The maximum absolute atomic E-state index is 13.5. The zero-order valence-electron chi connectivity index (χ0n) is 8.67. The van der Waals surface area contributed by atoms with Gasteiger partial charge in [0.15, 0.2) is 0 Å². The van der Waals surface area contributed by atoms with E-state index in [0.29, 0.717) is 11.3 Å². The number of fused-ring (bicyclic) bond motifs is 1. The van der Waals surface area contributed by atoms with E-state index in [4.69, 9.17) is 5.11 Å². The summed E-state index contributed by atoms with van der Waals surface area (Å²) in [5.41, 5.74) is 0.595. The van der Waals surface area contributed by atoms with E-state index < -0.39 is 18.3 Å². The monoisotopic (exact) mass is 241 g/mol. The van der Waals surface area contributed by atoms with Crippen LogP contribution in [0.1, 0.15) is 17.5 Å². The molecule has 1 aliphatic rings. The molecule has 2 N–H and O–H groups in total. The maximum Gasteiger partial charge on any atom is 0.309 e. The summed E-state index contributed by atoms with van der Waals surface area (Å²) in [4.78, 5) is 21.4. The molecule has 0 spiro atoms. The molecule has 1 heterocycles. The lowest BCUT2D eigenvalue weighted by Gasteiger charge is -2.15. The summed E-state index contributed by atoms with van der Waals surface area (Å²) in [6.07, 6.45) is -1.21. The largest absolute Gasteiger partial charge is 0.481 e. The summed E-state index contributed by atoms with van der Waals surface area (Å²) in [5.74, 6) is -5.24. The number of rotatable bonds is 3. The molecule has 90 valence electrons. The zero-order valence-corrected chi connectivity index (χ0v) is 8.67. The van der Waals surface area contributed by atoms with Crippen molar-refractivity contribution in [2.75, 3.05) is 5.32 Å². The molecule has 0 saturated carbocycles. The first-order chi connectivity index (χ1) is 7.88. The second-order valence-corrected chi connectivity index (χ2v) is 3.87. The highest BCUT2D eigenvalue weighted by atomic mass is 19.3. The minimum absolute atomic E-state index is 0.0479. The van der Waals surface area contributed by atoms with Gasteiger partial charge in [0.05, 0.1) is 6.42 Å². The minimum atomic E-state index is -3.42. The SMILES string of the molecule is O=C(O)CC(F)(F)c1ccc2c(c1)CC(=O)N2. The quantitative estimate of drug-likeness (QED) is 0.847. The Morgan fingerprint density at radius 1 is 1.47 bits per heavy atom. The van der Waals surface area contributed by atoms with E-state index in [-0.39, 0.29) is 17.9 Å². The number of benzene rings is 1. The van der Waals surface area contributed by atoms with Crippen molar-refractivity contribution in [3.05, 3.63) is 29.3 Å². The van der Waals surface area contributed by atoms with Crippen molar-refractivity contribution in [3.8, 4) is 0 Å². The van der Waals surface area contributed by atoms with E-state index in [1.54, 1.807) is 0 Å². The Morgan fingerprint density at radius 3 is 2.82 bits per heavy atom. The summed E-state index contributed by atoms with van der Waals surface area (Å²) < 4.78 is 27.0. The molecule has 0 atom stereocenters. The van der Waals surface area contributed by atoms with Crippen molar-refractivity contribution in [3.63, 3.8) is 0 Å². The van der Waals surface area contributed by atoms with Crippen molar-refractivity contribution >= 4 is 17.6 Å². The van der Waals surface area contributed by atoms with Crippen LogP contribution in [0, 0.1) is 0 Å². The zero-order chi connectivity index (χ0) is 12.6. The van der Waals surface area contributed by atoms with Gasteiger partial charge in [0, 0.05) is 11.3 Å². The van der Waals surface area contributed by atoms with E-state index >= 15 is 0 Å². The summed E-state index contributed by atoms with van der Waals surface area (Å²) in [6, 6.07) is 3.68. The minimum Gasteiger partial charge on any atom is -0.481 e. The second kappa shape index (κ2) is 3.80. The lowest BCUT2D eigenvalue weighted by molar-refractivity contribution is -0.145. The van der Waals surface area contributed by atoms with Crippen LogP contribution in [0.15, 0.2) is 18.2 Å². The number of carboxylic acid groups (broad SMARTS) is 1. The van der Waals surface area contributed by atoms with Crippen LogP contribution in [-0.2, 0) is 21.9 Å². The number of carbonyl (C=O) groups excluding carboxylic acids is 1. The first-order valence-corrected chi connectivity index (χ1v) is 4.91. The predicted octanol–water partition coefficient (Wildman–Crippen LogP) is 1.75. The van der Waals surface area contributed by atoms with E-state index in [1.807, 2.05) is 0 Å². The highest BCUT2D eigenvalue weighted by Gasteiger charge is 2.35. The molecule has 0 radical (unpaired) electrons. The molecule has 17 heavy (non-hydrogen) atoms. The Kier molecular flexibility index (Phi) is 2.57. The fraction of sp³-hybridized carbons (Fsp3) is 0.273. The Balaban J connectivity index is 2.32. The maximum atomic E-state index is 13.5. The topological polar surface area (TPSA) is 66.4 Å². The van der Waals surface area contributed by atoms with E-state index in [2.05, 4.69) is 5.32 Å². The van der Waals surface area contributed by atoms with Gasteiger partial charge in [-0.15, -0.1) is 0 Å². The summed E-state index contributed by atoms with van der Waals surface area (Å²) >= 11 is 0. The fourth-order valence-corrected chi connectivity index (χ4v) is 1.75. The van der Waals surface area contributed by atoms with Crippen molar-refractivity contribution in [2.24, 2.45) is 0 Å². The molecule has 1 amide bonds. The van der Waals surface area contributed by atoms with Crippen LogP contribution in [0.3, 0.4) is 0 Å². The number of carboxylic acids is 1. The lowest BCUT2D eigenvalue weighted by Crippen LogP contribution is -2.18. The van der Waals surface area contributed by atoms with Crippen molar-refractivity contribution in [1.29, 1.82) is 0 Å². The number of anilines is 1. The number of hydrogen-bond donors (Lipinski definition) is 2. The van der Waals surface area contributed by atoms with Crippen LogP contribution >= 0.6 is 0 Å². The summed E-state index contributed by atoms with van der Waals surface area (Å²) in [5, 5.41) is 10.9. The molecule has 1 aromatic rings. The van der Waals surface area contributed by atoms with E-state index in [1.165, 1.54) is 12.1 Å². The third-order valence-electron chi connectivity index (χ3n) is 2.53. The van der Waals surface area contributed by atoms with Crippen molar-refractivity contribution < 1.29 is 23.5 Å². The fourth-order valence-electron chi connectivity index (χ4n) is 1.75. The van der Waals surface area contributed by atoms with Gasteiger partial charge in [-0.3, -0.25) is 9.59 Å². The Labute approximate surface area is 95.2 Å². The molecular formula is C11H9F2NO3. The van der Waals surface area contributed by atoms with E-state index in [9.17, 15) is 18.4 Å². The molecule has 4 nitrogen and oxygen atoms in total. The van der Waals surface area contributed by atoms with Crippen LogP contribution in [-0.4, -0.2) is 17.0 Å². The van der Waals surface area contributed by atoms with Gasteiger partial charge in [-0.2, -0.15) is 0 Å². The van der Waals surface area contributed by atoms with Crippen LogP contribution < -0.4 is 5.32 Å². The predicted molar refractivity (Wildman–Crippen MR) is 54.9 cm³/mol. The van der Waals surface area contributed by atoms with Crippen molar-refractivity contribution in [1.82, 2.24) is 0 Å². The number of halogens is 2. The number of aliphatic carboxylic acids is 1. The van der Waals surface area contributed by atoms with Gasteiger partial charge in [0.2, 0.25) is 5.91 Å².